The summed E-state index contributed by atoms with van der Waals surface area (Å²) in [5.41, 5.74) is 0. The fourth-order valence-electron chi connectivity index (χ4n) is 1.29. The van der Waals surface area contributed by atoms with Crippen LogP contribution in [0.15, 0.2) is 11.1 Å². The molecular formula is C9H14BrNO2. The molecule has 74 valence electrons. The minimum Gasteiger partial charge on any atom is -0.481 e. The van der Waals surface area contributed by atoms with E-state index in [0.29, 0.717) is 12.6 Å². The molecule has 0 aromatic carbocycles. The van der Waals surface area contributed by atoms with Crippen LogP contribution in [0.1, 0.15) is 19.3 Å². The van der Waals surface area contributed by atoms with Crippen LogP contribution in [0.3, 0.4) is 0 Å². The average molecular weight is 248 g/mol. The maximum absolute atomic E-state index is 10.4. The molecule has 13 heavy (non-hydrogen) atoms. The van der Waals surface area contributed by atoms with E-state index in [1.54, 1.807) is 0 Å². The molecule has 0 saturated heterocycles. The van der Waals surface area contributed by atoms with Gasteiger partial charge in [-0.15, -0.1) is 0 Å². The van der Waals surface area contributed by atoms with Crippen molar-refractivity contribution in [2.24, 2.45) is 0 Å². The van der Waals surface area contributed by atoms with Crippen LogP contribution in [0.4, 0.5) is 0 Å². The smallest absolute Gasteiger partial charge is 0.304 e. The third-order valence-electron chi connectivity index (χ3n) is 2.05. The van der Waals surface area contributed by atoms with Crippen molar-refractivity contribution in [1.82, 2.24) is 4.90 Å². The van der Waals surface area contributed by atoms with Crippen molar-refractivity contribution in [3.63, 3.8) is 0 Å². The highest BCUT2D eigenvalue weighted by Crippen LogP contribution is 2.27. The van der Waals surface area contributed by atoms with Crippen LogP contribution in [-0.2, 0) is 4.79 Å². The molecule has 0 heterocycles. The number of rotatable bonds is 6. The molecule has 1 aliphatic rings. The van der Waals surface area contributed by atoms with Gasteiger partial charge >= 0.3 is 5.97 Å². The second kappa shape index (κ2) is 4.77. The highest BCUT2D eigenvalue weighted by molar-refractivity contribution is 9.11. The van der Waals surface area contributed by atoms with Gasteiger partial charge in [-0.05, 0) is 12.8 Å². The molecule has 0 atom stereocenters. The van der Waals surface area contributed by atoms with E-state index < -0.39 is 5.97 Å². The maximum Gasteiger partial charge on any atom is 0.304 e. The van der Waals surface area contributed by atoms with Crippen LogP contribution in [-0.4, -0.2) is 35.1 Å². The monoisotopic (exact) mass is 247 g/mol. The number of carboxylic acid groups (broad SMARTS) is 1. The number of carbonyl (C=O) groups is 1. The Morgan fingerprint density at radius 2 is 2.23 bits per heavy atom. The summed E-state index contributed by atoms with van der Waals surface area (Å²) in [6.07, 6.45) is 2.61. The zero-order chi connectivity index (χ0) is 9.84. The minimum absolute atomic E-state index is 0.219. The van der Waals surface area contributed by atoms with Crippen molar-refractivity contribution in [2.45, 2.75) is 25.3 Å². The van der Waals surface area contributed by atoms with Gasteiger partial charge in [0.05, 0.1) is 6.42 Å². The molecule has 0 aromatic heterocycles. The van der Waals surface area contributed by atoms with Crippen molar-refractivity contribution in [3.05, 3.63) is 11.1 Å². The molecule has 1 N–H and O–H groups in total. The van der Waals surface area contributed by atoms with E-state index in [0.717, 1.165) is 11.0 Å². The summed E-state index contributed by atoms with van der Waals surface area (Å²) in [5.74, 6) is -0.731. The van der Waals surface area contributed by atoms with Crippen LogP contribution < -0.4 is 0 Å². The van der Waals surface area contributed by atoms with Crippen molar-refractivity contribution in [1.29, 1.82) is 0 Å². The van der Waals surface area contributed by atoms with E-state index in [1.807, 2.05) is 0 Å². The largest absolute Gasteiger partial charge is 0.481 e. The summed E-state index contributed by atoms with van der Waals surface area (Å²) in [5, 5.41) is 8.54. The maximum atomic E-state index is 10.4. The SMILES string of the molecule is C=C(Br)CN(CCC(=O)O)C1CC1. The number of halogens is 1. The highest BCUT2D eigenvalue weighted by Gasteiger charge is 2.28. The molecule has 0 aliphatic heterocycles. The lowest BCUT2D eigenvalue weighted by Gasteiger charge is -2.20. The number of nitrogens with zero attached hydrogens (tertiary/aromatic N) is 1. The van der Waals surface area contributed by atoms with Gasteiger partial charge in [-0.3, -0.25) is 9.69 Å². The summed E-state index contributed by atoms with van der Waals surface area (Å²) >= 11 is 3.29. The lowest BCUT2D eigenvalue weighted by molar-refractivity contribution is -0.137. The topological polar surface area (TPSA) is 40.5 Å². The summed E-state index contributed by atoms with van der Waals surface area (Å²) in [7, 11) is 0. The predicted molar refractivity (Wildman–Crippen MR) is 54.9 cm³/mol. The quantitative estimate of drug-likeness (QED) is 0.779. The molecular weight excluding hydrogens is 234 g/mol. The molecule has 0 aromatic rings. The Balaban J connectivity index is 2.29. The number of hydrogen-bond acceptors (Lipinski definition) is 2. The molecule has 1 fully saturated rings. The summed E-state index contributed by atoms with van der Waals surface area (Å²) in [6, 6.07) is 0.591. The van der Waals surface area contributed by atoms with Gasteiger partial charge in [-0.2, -0.15) is 0 Å². The van der Waals surface area contributed by atoms with Gasteiger partial charge in [0.15, 0.2) is 0 Å². The first-order valence-electron chi connectivity index (χ1n) is 4.38. The van der Waals surface area contributed by atoms with Gasteiger partial charge in [0, 0.05) is 23.6 Å². The van der Waals surface area contributed by atoms with E-state index in [2.05, 4.69) is 27.4 Å². The Bertz CT molecular complexity index is 214. The normalized spacial score (nSPS) is 16.2. The minimum atomic E-state index is -0.731. The predicted octanol–water partition coefficient (Wildman–Crippen LogP) is 1.83. The third kappa shape index (κ3) is 4.43. The first-order valence-corrected chi connectivity index (χ1v) is 5.18. The number of hydrogen-bond donors (Lipinski definition) is 1. The Morgan fingerprint density at radius 3 is 2.62 bits per heavy atom. The Morgan fingerprint density at radius 1 is 1.62 bits per heavy atom. The first-order chi connectivity index (χ1) is 6.09. The molecule has 3 nitrogen and oxygen atoms in total. The van der Waals surface area contributed by atoms with E-state index in [9.17, 15) is 4.79 Å². The van der Waals surface area contributed by atoms with E-state index in [1.165, 1.54) is 12.8 Å². The summed E-state index contributed by atoms with van der Waals surface area (Å²) in [6.45, 7) is 5.15. The highest BCUT2D eigenvalue weighted by atomic mass is 79.9. The van der Waals surface area contributed by atoms with Crippen LogP contribution in [0.2, 0.25) is 0 Å². The van der Waals surface area contributed by atoms with E-state index in [-0.39, 0.29) is 6.42 Å². The molecule has 1 saturated carbocycles. The van der Waals surface area contributed by atoms with Gasteiger partial charge in [0.2, 0.25) is 0 Å². The fourth-order valence-corrected chi connectivity index (χ4v) is 1.61. The molecule has 0 amide bonds. The molecule has 0 bridgehead atoms. The van der Waals surface area contributed by atoms with Gasteiger partial charge < -0.3 is 5.11 Å². The molecule has 0 radical (unpaired) electrons. The fraction of sp³-hybridized carbons (Fsp3) is 0.667. The average Bonchev–Trinajstić information content (AvgIpc) is 2.78. The molecule has 0 spiro atoms. The van der Waals surface area contributed by atoms with Gasteiger partial charge in [-0.1, -0.05) is 22.5 Å². The van der Waals surface area contributed by atoms with Crippen molar-refractivity contribution < 1.29 is 9.90 Å². The summed E-state index contributed by atoms with van der Waals surface area (Å²) < 4.78 is 0.921. The molecule has 1 rings (SSSR count). The van der Waals surface area contributed by atoms with Crippen LogP contribution in [0.25, 0.3) is 0 Å². The third-order valence-corrected chi connectivity index (χ3v) is 2.30. The molecule has 0 unspecified atom stereocenters. The zero-order valence-corrected chi connectivity index (χ0v) is 9.09. The van der Waals surface area contributed by atoms with Crippen LogP contribution in [0, 0.1) is 0 Å². The van der Waals surface area contributed by atoms with E-state index >= 15 is 0 Å². The summed E-state index contributed by atoms with van der Waals surface area (Å²) in [4.78, 5) is 12.5. The molecule has 4 heteroatoms. The van der Waals surface area contributed by atoms with Gasteiger partial charge in [0.25, 0.3) is 0 Å². The zero-order valence-electron chi connectivity index (χ0n) is 7.50. The number of aliphatic carboxylic acids is 1. The number of carboxylic acids is 1. The first kappa shape index (κ1) is 10.7. The Kier molecular flexibility index (Phi) is 3.93. The van der Waals surface area contributed by atoms with Crippen LogP contribution >= 0.6 is 15.9 Å². The van der Waals surface area contributed by atoms with Gasteiger partial charge in [0.1, 0.15) is 0 Å². The second-order valence-electron chi connectivity index (χ2n) is 3.36. The van der Waals surface area contributed by atoms with E-state index in [4.69, 9.17) is 5.11 Å². The standard InChI is InChI=1S/C9H14BrNO2/c1-7(10)6-11(8-2-3-8)5-4-9(12)13/h8H,1-6H2,(H,12,13). The Labute approximate surface area is 86.5 Å². The van der Waals surface area contributed by atoms with Crippen molar-refractivity contribution in [3.8, 4) is 0 Å². The van der Waals surface area contributed by atoms with Crippen molar-refractivity contribution >= 4 is 21.9 Å². The lowest BCUT2D eigenvalue weighted by atomic mass is 10.3. The van der Waals surface area contributed by atoms with Crippen LogP contribution in [0.5, 0.6) is 0 Å². The van der Waals surface area contributed by atoms with Gasteiger partial charge in [-0.25, -0.2) is 0 Å². The van der Waals surface area contributed by atoms with Crippen molar-refractivity contribution in [2.75, 3.05) is 13.1 Å². The second-order valence-corrected chi connectivity index (χ2v) is 4.48. The molecule has 1 aliphatic carbocycles. The lowest BCUT2D eigenvalue weighted by Crippen LogP contribution is -2.29. The Hall–Kier alpha value is -0.350.